The summed E-state index contributed by atoms with van der Waals surface area (Å²) in [6.07, 6.45) is 1.49. The predicted molar refractivity (Wildman–Crippen MR) is 118 cm³/mol. The molecule has 0 fully saturated rings. The van der Waals surface area contributed by atoms with E-state index in [2.05, 4.69) is 31.4 Å². The van der Waals surface area contributed by atoms with Crippen molar-refractivity contribution in [2.24, 2.45) is 0 Å². The normalized spacial score (nSPS) is 10.7. The highest BCUT2D eigenvalue weighted by Crippen LogP contribution is 2.31. The largest absolute Gasteiger partial charge is 0.493 e. The molecule has 1 amide bonds. The van der Waals surface area contributed by atoms with E-state index in [1.54, 1.807) is 26.4 Å². The Labute approximate surface area is 183 Å². The maximum atomic E-state index is 12.3. The van der Waals surface area contributed by atoms with E-state index in [4.69, 9.17) is 14.0 Å². The van der Waals surface area contributed by atoms with Crippen LogP contribution in [0.15, 0.2) is 39.3 Å². The molecule has 0 aliphatic carbocycles. The Hall–Kier alpha value is -2.87. The second-order valence-corrected chi connectivity index (χ2v) is 7.81. The van der Waals surface area contributed by atoms with Gasteiger partial charge in [0.05, 0.1) is 14.2 Å². The van der Waals surface area contributed by atoms with Gasteiger partial charge in [-0.25, -0.2) is 0 Å². The minimum Gasteiger partial charge on any atom is -0.493 e. The average Bonchev–Trinajstić information content (AvgIpc) is 3.19. The third-order valence-corrected chi connectivity index (χ3v) is 5.12. The smallest absolute Gasteiger partial charge is 0.226 e. The van der Waals surface area contributed by atoms with Gasteiger partial charge in [-0.15, -0.1) is 0 Å². The zero-order valence-corrected chi connectivity index (χ0v) is 19.0. The summed E-state index contributed by atoms with van der Waals surface area (Å²) >= 11 is 3.47. The van der Waals surface area contributed by atoms with Crippen molar-refractivity contribution in [2.75, 3.05) is 19.5 Å². The molecule has 3 rings (SSSR count). The molecule has 1 N–H and O–H groups in total. The highest BCUT2D eigenvalue weighted by atomic mass is 79.9. The van der Waals surface area contributed by atoms with E-state index < -0.39 is 0 Å². The van der Waals surface area contributed by atoms with Crippen LogP contribution >= 0.6 is 15.9 Å². The van der Waals surface area contributed by atoms with Crippen molar-refractivity contribution in [3.8, 4) is 22.9 Å². The molecule has 0 bridgehead atoms. The molecule has 0 saturated carbocycles. The fourth-order valence-corrected chi connectivity index (χ4v) is 3.85. The fourth-order valence-electron chi connectivity index (χ4n) is 3.16. The Morgan fingerprint density at radius 3 is 2.47 bits per heavy atom. The minimum absolute atomic E-state index is 0.0387. The summed E-state index contributed by atoms with van der Waals surface area (Å²) in [5.41, 5.74) is 3.66. The van der Waals surface area contributed by atoms with Gasteiger partial charge < -0.3 is 19.3 Å². The second kappa shape index (κ2) is 9.75. The topological polar surface area (TPSA) is 86.5 Å². The van der Waals surface area contributed by atoms with Crippen molar-refractivity contribution < 1.29 is 18.8 Å². The highest BCUT2D eigenvalue weighted by Gasteiger charge is 2.13. The van der Waals surface area contributed by atoms with Gasteiger partial charge in [0.1, 0.15) is 0 Å². The van der Waals surface area contributed by atoms with Crippen LogP contribution in [-0.2, 0) is 11.2 Å². The molecule has 7 nitrogen and oxygen atoms in total. The number of anilines is 1. The Morgan fingerprint density at radius 2 is 1.80 bits per heavy atom. The van der Waals surface area contributed by atoms with Gasteiger partial charge in [-0.1, -0.05) is 21.1 Å². The quantitative estimate of drug-likeness (QED) is 0.489. The van der Waals surface area contributed by atoms with Gasteiger partial charge in [-0.2, -0.15) is 4.98 Å². The summed E-state index contributed by atoms with van der Waals surface area (Å²) in [4.78, 5) is 16.8. The van der Waals surface area contributed by atoms with E-state index >= 15 is 0 Å². The summed E-state index contributed by atoms with van der Waals surface area (Å²) in [5.74, 6) is 2.15. The molecule has 0 radical (unpaired) electrons. The van der Waals surface area contributed by atoms with Crippen LogP contribution in [0.2, 0.25) is 0 Å². The number of halogens is 1. The van der Waals surface area contributed by atoms with Crippen molar-refractivity contribution >= 4 is 27.5 Å². The molecule has 0 unspecified atom stereocenters. The summed E-state index contributed by atoms with van der Waals surface area (Å²) in [6.45, 7) is 3.95. The number of carbonyl (C=O) groups is 1. The lowest BCUT2D eigenvalue weighted by Crippen LogP contribution is -2.13. The first-order chi connectivity index (χ1) is 14.4. The van der Waals surface area contributed by atoms with Gasteiger partial charge in [-0.05, 0) is 61.7 Å². The van der Waals surface area contributed by atoms with E-state index in [0.717, 1.165) is 26.9 Å². The Bertz CT molecular complexity index is 1030. The molecule has 1 aromatic heterocycles. The fraction of sp³-hybridized carbons (Fsp3) is 0.318. The van der Waals surface area contributed by atoms with Crippen molar-refractivity contribution in [1.82, 2.24) is 10.1 Å². The number of nitrogens with one attached hydrogen (secondary N) is 1. The van der Waals surface area contributed by atoms with E-state index in [0.29, 0.717) is 42.5 Å². The third-order valence-electron chi connectivity index (χ3n) is 4.67. The van der Waals surface area contributed by atoms with Crippen LogP contribution in [0.1, 0.15) is 29.9 Å². The lowest BCUT2D eigenvalue weighted by atomic mass is 10.1. The number of carbonyl (C=O) groups excluding carboxylic acids is 1. The molecular weight excluding hydrogens is 450 g/mol. The summed E-state index contributed by atoms with van der Waals surface area (Å²) < 4.78 is 16.9. The highest BCUT2D eigenvalue weighted by molar-refractivity contribution is 9.10. The number of hydrogen-bond acceptors (Lipinski definition) is 6. The summed E-state index contributed by atoms with van der Waals surface area (Å²) in [5, 5.41) is 7.02. The van der Waals surface area contributed by atoms with Gasteiger partial charge in [0.2, 0.25) is 17.6 Å². The van der Waals surface area contributed by atoms with Crippen molar-refractivity contribution in [3.05, 3.63) is 51.8 Å². The molecule has 158 valence electrons. The van der Waals surface area contributed by atoms with Gasteiger partial charge in [0.15, 0.2) is 11.5 Å². The van der Waals surface area contributed by atoms with E-state index in [9.17, 15) is 4.79 Å². The van der Waals surface area contributed by atoms with E-state index in [-0.39, 0.29) is 5.91 Å². The molecule has 0 atom stereocenters. The first-order valence-corrected chi connectivity index (χ1v) is 10.3. The molecule has 3 aromatic rings. The molecule has 0 saturated heterocycles. The van der Waals surface area contributed by atoms with Crippen LogP contribution < -0.4 is 14.8 Å². The van der Waals surface area contributed by atoms with Crippen LogP contribution in [0.3, 0.4) is 0 Å². The first kappa shape index (κ1) is 21.8. The van der Waals surface area contributed by atoms with Crippen molar-refractivity contribution in [2.45, 2.75) is 33.1 Å². The first-order valence-electron chi connectivity index (χ1n) is 9.53. The minimum atomic E-state index is -0.0387. The van der Waals surface area contributed by atoms with Gasteiger partial charge >= 0.3 is 0 Å². The Balaban J connectivity index is 1.57. The lowest BCUT2D eigenvalue weighted by molar-refractivity contribution is -0.116. The molecular formula is C22H24BrN3O4. The van der Waals surface area contributed by atoms with Crippen molar-refractivity contribution in [1.29, 1.82) is 0 Å². The molecule has 0 spiro atoms. The van der Waals surface area contributed by atoms with Gasteiger partial charge in [-0.3, -0.25) is 4.79 Å². The molecule has 0 aliphatic rings. The SMILES string of the molecule is COc1ccc(-c2noc(CCCC(=O)Nc3c(C)cc(Br)cc3C)n2)cc1OC. The lowest BCUT2D eigenvalue weighted by Gasteiger charge is -2.12. The van der Waals surface area contributed by atoms with Gasteiger partial charge in [0, 0.05) is 28.6 Å². The van der Waals surface area contributed by atoms with Gasteiger partial charge in [0.25, 0.3) is 0 Å². The molecule has 1 heterocycles. The standard InChI is InChI=1S/C22H24BrN3O4/c1-13-10-16(23)11-14(2)21(13)24-19(27)6-5-7-20-25-22(26-30-20)15-8-9-17(28-3)18(12-15)29-4/h8-12H,5-7H2,1-4H3,(H,24,27). The number of rotatable bonds is 8. The van der Waals surface area contributed by atoms with E-state index in [1.807, 2.05) is 32.0 Å². The molecule has 8 heteroatoms. The third kappa shape index (κ3) is 5.18. The van der Waals surface area contributed by atoms with Crippen LogP contribution in [-0.4, -0.2) is 30.3 Å². The monoisotopic (exact) mass is 473 g/mol. The van der Waals surface area contributed by atoms with Crippen molar-refractivity contribution in [3.63, 3.8) is 0 Å². The maximum absolute atomic E-state index is 12.3. The Kier molecular flexibility index (Phi) is 7.10. The van der Waals surface area contributed by atoms with Crippen LogP contribution in [0.4, 0.5) is 5.69 Å². The molecule has 0 aliphatic heterocycles. The molecule has 2 aromatic carbocycles. The number of benzene rings is 2. The van der Waals surface area contributed by atoms with E-state index in [1.165, 1.54) is 0 Å². The molecule has 30 heavy (non-hydrogen) atoms. The van der Waals surface area contributed by atoms with Crippen LogP contribution in [0, 0.1) is 13.8 Å². The zero-order valence-electron chi connectivity index (χ0n) is 17.4. The van der Waals surface area contributed by atoms with Crippen LogP contribution in [0.25, 0.3) is 11.4 Å². The average molecular weight is 474 g/mol. The second-order valence-electron chi connectivity index (χ2n) is 6.90. The van der Waals surface area contributed by atoms with Crippen LogP contribution in [0.5, 0.6) is 11.5 Å². The number of hydrogen-bond donors (Lipinski definition) is 1. The number of aryl methyl sites for hydroxylation is 3. The number of amides is 1. The number of ether oxygens (including phenoxy) is 2. The number of nitrogens with zero attached hydrogens (tertiary/aromatic N) is 2. The number of aromatic nitrogens is 2. The number of methoxy groups -OCH3 is 2. The predicted octanol–water partition coefficient (Wildman–Crippen LogP) is 5.09. The summed E-state index contributed by atoms with van der Waals surface area (Å²) in [6, 6.07) is 9.39. The Morgan fingerprint density at radius 1 is 1.10 bits per heavy atom. The maximum Gasteiger partial charge on any atom is 0.226 e. The summed E-state index contributed by atoms with van der Waals surface area (Å²) in [7, 11) is 3.16. The zero-order chi connectivity index (χ0) is 21.7.